The highest BCUT2D eigenvalue weighted by molar-refractivity contribution is 9.10. The molecule has 128 valence electrons. The average Bonchev–Trinajstić information content (AvgIpc) is 3.07. The van der Waals surface area contributed by atoms with Crippen molar-refractivity contribution in [3.8, 4) is 16.8 Å². The van der Waals surface area contributed by atoms with Crippen molar-refractivity contribution in [1.29, 1.82) is 0 Å². The van der Waals surface area contributed by atoms with Crippen LogP contribution in [0.1, 0.15) is 10.4 Å². The summed E-state index contributed by atoms with van der Waals surface area (Å²) in [5.41, 5.74) is 9.11. The van der Waals surface area contributed by atoms with Gasteiger partial charge in [0.2, 0.25) is 11.9 Å². The van der Waals surface area contributed by atoms with E-state index in [1.165, 1.54) is 6.20 Å². The molecule has 2 heterocycles. The zero-order chi connectivity index (χ0) is 18.3. The van der Waals surface area contributed by atoms with E-state index in [0.717, 1.165) is 11.2 Å². The number of hydrogen-bond acceptors (Lipinski definition) is 3. The van der Waals surface area contributed by atoms with E-state index in [4.69, 9.17) is 5.73 Å². The summed E-state index contributed by atoms with van der Waals surface area (Å²) in [5.74, 6) is -1.03. The van der Waals surface area contributed by atoms with Gasteiger partial charge < -0.3 is 5.73 Å². The SMILES string of the molecule is NC(=O)c1ccc2c(c1)ncn2-c1cccc(-c2cc(Br)cnc2F)c1. The van der Waals surface area contributed by atoms with Crippen molar-refractivity contribution < 1.29 is 9.18 Å². The van der Waals surface area contributed by atoms with Gasteiger partial charge in [-0.3, -0.25) is 9.36 Å². The van der Waals surface area contributed by atoms with Crippen molar-refractivity contribution in [3.63, 3.8) is 0 Å². The van der Waals surface area contributed by atoms with Gasteiger partial charge in [-0.05, 0) is 57.9 Å². The van der Waals surface area contributed by atoms with E-state index in [0.29, 0.717) is 26.7 Å². The zero-order valence-electron chi connectivity index (χ0n) is 13.4. The Labute approximate surface area is 156 Å². The quantitative estimate of drug-likeness (QED) is 0.516. The molecular weight excluding hydrogens is 399 g/mol. The lowest BCUT2D eigenvalue weighted by atomic mass is 10.1. The number of nitrogens with zero attached hydrogens (tertiary/aromatic N) is 3. The zero-order valence-corrected chi connectivity index (χ0v) is 14.9. The van der Waals surface area contributed by atoms with Crippen LogP contribution < -0.4 is 5.73 Å². The van der Waals surface area contributed by atoms with Gasteiger partial charge in [-0.1, -0.05) is 12.1 Å². The molecule has 0 aliphatic heterocycles. The standard InChI is InChI=1S/C19H12BrFN4O/c20-13-8-15(18(21)23-9-13)11-2-1-3-14(6-11)25-10-24-16-7-12(19(22)26)4-5-17(16)25/h1-10H,(H2,22,26). The first-order chi connectivity index (χ1) is 12.5. The highest BCUT2D eigenvalue weighted by Gasteiger charge is 2.11. The van der Waals surface area contributed by atoms with E-state index in [2.05, 4.69) is 25.9 Å². The second-order valence-corrected chi connectivity index (χ2v) is 6.64. The highest BCUT2D eigenvalue weighted by Crippen LogP contribution is 2.28. The molecule has 0 aliphatic rings. The smallest absolute Gasteiger partial charge is 0.248 e. The summed E-state index contributed by atoms with van der Waals surface area (Å²) in [7, 11) is 0. The van der Waals surface area contributed by atoms with Crippen LogP contribution in [-0.2, 0) is 0 Å². The van der Waals surface area contributed by atoms with Crippen LogP contribution in [0.4, 0.5) is 4.39 Å². The van der Waals surface area contributed by atoms with Crippen molar-refractivity contribution in [1.82, 2.24) is 14.5 Å². The van der Waals surface area contributed by atoms with Gasteiger partial charge in [0.1, 0.15) is 6.33 Å². The molecule has 0 saturated carbocycles. The number of aromatic nitrogens is 3. The minimum atomic E-state index is -0.535. The van der Waals surface area contributed by atoms with E-state index in [9.17, 15) is 9.18 Å². The molecule has 5 nitrogen and oxygen atoms in total. The Hall–Kier alpha value is -3.06. The normalized spacial score (nSPS) is 11.0. The summed E-state index contributed by atoms with van der Waals surface area (Å²) in [6.07, 6.45) is 3.08. The van der Waals surface area contributed by atoms with Gasteiger partial charge in [-0.15, -0.1) is 0 Å². The van der Waals surface area contributed by atoms with Gasteiger partial charge in [0.25, 0.3) is 0 Å². The number of amides is 1. The van der Waals surface area contributed by atoms with Crippen molar-refractivity contribution in [2.45, 2.75) is 0 Å². The molecule has 0 spiro atoms. The molecule has 0 unspecified atom stereocenters. The van der Waals surface area contributed by atoms with Gasteiger partial charge in [-0.2, -0.15) is 4.39 Å². The maximum absolute atomic E-state index is 14.1. The van der Waals surface area contributed by atoms with Crippen molar-refractivity contribution >= 4 is 32.9 Å². The fourth-order valence-electron chi connectivity index (χ4n) is 2.82. The second kappa shape index (κ2) is 6.34. The van der Waals surface area contributed by atoms with Crippen LogP contribution in [0.25, 0.3) is 27.8 Å². The molecule has 0 saturated heterocycles. The third-order valence-electron chi connectivity index (χ3n) is 4.07. The molecule has 4 aromatic rings. The lowest BCUT2D eigenvalue weighted by Gasteiger charge is -2.08. The van der Waals surface area contributed by atoms with Gasteiger partial charge in [0.15, 0.2) is 0 Å². The monoisotopic (exact) mass is 410 g/mol. The number of imidazole rings is 1. The minimum Gasteiger partial charge on any atom is -0.366 e. The van der Waals surface area contributed by atoms with E-state index in [1.54, 1.807) is 30.6 Å². The largest absolute Gasteiger partial charge is 0.366 e. The molecule has 7 heteroatoms. The molecule has 2 N–H and O–H groups in total. The van der Waals surface area contributed by atoms with Crippen LogP contribution in [0.3, 0.4) is 0 Å². The highest BCUT2D eigenvalue weighted by atomic mass is 79.9. The van der Waals surface area contributed by atoms with Gasteiger partial charge in [-0.25, -0.2) is 9.97 Å². The summed E-state index contributed by atoms with van der Waals surface area (Å²) >= 11 is 3.32. The van der Waals surface area contributed by atoms with Crippen LogP contribution in [0, 0.1) is 5.95 Å². The van der Waals surface area contributed by atoms with E-state index in [1.807, 2.05) is 28.8 Å². The molecule has 2 aromatic heterocycles. The van der Waals surface area contributed by atoms with Crippen molar-refractivity contribution in [3.05, 3.63) is 77.0 Å². The Bertz CT molecular complexity index is 1160. The van der Waals surface area contributed by atoms with Gasteiger partial charge >= 0.3 is 0 Å². The number of pyridine rings is 1. The van der Waals surface area contributed by atoms with Gasteiger partial charge in [0.05, 0.1) is 11.0 Å². The molecule has 0 bridgehead atoms. The number of benzene rings is 2. The Balaban J connectivity index is 1.83. The lowest BCUT2D eigenvalue weighted by Crippen LogP contribution is -2.10. The van der Waals surface area contributed by atoms with Crippen LogP contribution >= 0.6 is 15.9 Å². The third kappa shape index (κ3) is 2.86. The van der Waals surface area contributed by atoms with Crippen LogP contribution in [-0.4, -0.2) is 20.4 Å². The fourth-order valence-corrected chi connectivity index (χ4v) is 3.15. The maximum atomic E-state index is 14.1. The maximum Gasteiger partial charge on any atom is 0.248 e. The van der Waals surface area contributed by atoms with Crippen LogP contribution in [0.5, 0.6) is 0 Å². The van der Waals surface area contributed by atoms with Crippen LogP contribution in [0.15, 0.2) is 65.5 Å². The lowest BCUT2D eigenvalue weighted by molar-refractivity contribution is 0.100. The summed E-state index contributed by atoms with van der Waals surface area (Å²) in [5, 5.41) is 0. The number of rotatable bonds is 3. The Morgan fingerprint density at radius 1 is 1.12 bits per heavy atom. The predicted octanol–water partition coefficient (Wildman–Crippen LogP) is 4.09. The average molecular weight is 411 g/mol. The molecular formula is C19H12BrFN4O. The van der Waals surface area contributed by atoms with E-state index >= 15 is 0 Å². The predicted molar refractivity (Wildman–Crippen MR) is 100 cm³/mol. The van der Waals surface area contributed by atoms with Gasteiger partial charge in [0, 0.05) is 27.5 Å². The number of carbonyl (C=O) groups excluding carboxylic acids is 1. The minimum absolute atomic E-state index is 0.402. The Morgan fingerprint density at radius 2 is 1.96 bits per heavy atom. The topological polar surface area (TPSA) is 73.8 Å². The Kier molecular flexibility index (Phi) is 4.00. The number of halogens is 2. The first-order valence-electron chi connectivity index (χ1n) is 7.72. The van der Waals surface area contributed by atoms with E-state index < -0.39 is 11.9 Å². The van der Waals surface area contributed by atoms with E-state index in [-0.39, 0.29) is 0 Å². The molecule has 0 radical (unpaired) electrons. The fraction of sp³-hybridized carbons (Fsp3) is 0. The number of nitrogens with two attached hydrogens (primary N) is 1. The first kappa shape index (κ1) is 16.4. The Morgan fingerprint density at radius 3 is 2.77 bits per heavy atom. The molecule has 1 amide bonds. The molecule has 0 aliphatic carbocycles. The molecule has 2 aromatic carbocycles. The number of carbonyl (C=O) groups is 1. The molecule has 0 fully saturated rings. The second-order valence-electron chi connectivity index (χ2n) is 5.72. The number of fused-ring (bicyclic) bond motifs is 1. The summed E-state index contributed by atoms with van der Waals surface area (Å²) in [6.45, 7) is 0. The van der Waals surface area contributed by atoms with Crippen molar-refractivity contribution in [2.24, 2.45) is 5.73 Å². The van der Waals surface area contributed by atoms with Crippen LogP contribution in [0.2, 0.25) is 0 Å². The third-order valence-corrected chi connectivity index (χ3v) is 4.51. The molecule has 0 atom stereocenters. The number of primary amides is 1. The number of hydrogen-bond donors (Lipinski definition) is 1. The van der Waals surface area contributed by atoms with Crippen molar-refractivity contribution in [2.75, 3.05) is 0 Å². The first-order valence-corrected chi connectivity index (χ1v) is 8.51. The molecule has 4 rings (SSSR count). The summed E-state index contributed by atoms with van der Waals surface area (Å²) in [6, 6.07) is 14.2. The summed E-state index contributed by atoms with van der Waals surface area (Å²) < 4.78 is 16.7. The summed E-state index contributed by atoms with van der Waals surface area (Å²) in [4.78, 5) is 19.4. The molecule has 26 heavy (non-hydrogen) atoms.